The van der Waals surface area contributed by atoms with E-state index in [9.17, 15) is 4.79 Å². The summed E-state index contributed by atoms with van der Waals surface area (Å²) < 4.78 is 0. The van der Waals surface area contributed by atoms with Gasteiger partial charge in [-0.05, 0) is 40.3 Å². The highest BCUT2D eigenvalue weighted by atomic mass is 35.5. The molecule has 0 radical (unpaired) electrons. The quantitative estimate of drug-likeness (QED) is 0.753. The van der Waals surface area contributed by atoms with Crippen molar-refractivity contribution in [3.8, 4) is 0 Å². The maximum Gasteiger partial charge on any atom is 0.178 e. The van der Waals surface area contributed by atoms with Gasteiger partial charge < -0.3 is 0 Å². The van der Waals surface area contributed by atoms with Crippen molar-refractivity contribution in [2.24, 2.45) is 0 Å². The maximum absolute atomic E-state index is 11.9. The van der Waals surface area contributed by atoms with Crippen molar-refractivity contribution < 1.29 is 4.79 Å². The largest absolute Gasteiger partial charge is 0.293 e. The summed E-state index contributed by atoms with van der Waals surface area (Å²) in [6.07, 6.45) is 0.448. The summed E-state index contributed by atoms with van der Waals surface area (Å²) >= 11 is 9.07. The summed E-state index contributed by atoms with van der Waals surface area (Å²) in [5.41, 5.74) is 2.04. The van der Waals surface area contributed by atoms with Crippen LogP contribution in [0.15, 0.2) is 22.2 Å². The van der Waals surface area contributed by atoms with E-state index in [-0.39, 0.29) is 5.78 Å². The lowest BCUT2D eigenvalue weighted by Crippen LogP contribution is -2.00. The number of ketones is 1. The lowest BCUT2D eigenvalue weighted by atomic mass is 10.1. The number of carbonyl (C=O) groups is 1. The monoisotopic (exact) mass is 256 g/mol. The Morgan fingerprint density at radius 2 is 2.27 bits per heavy atom. The fourth-order valence-corrected chi connectivity index (χ4v) is 3.18. The molecule has 0 fully saturated rings. The summed E-state index contributed by atoms with van der Waals surface area (Å²) in [7, 11) is 0. The van der Waals surface area contributed by atoms with Crippen molar-refractivity contribution in [1.29, 1.82) is 0 Å². The molecule has 0 aliphatic heterocycles. The van der Waals surface area contributed by atoms with Crippen LogP contribution in [0.4, 0.5) is 0 Å². The Bertz CT molecular complexity index is 471. The zero-order chi connectivity index (χ0) is 10.8. The molecule has 0 aromatic carbocycles. The fourth-order valence-electron chi connectivity index (χ4n) is 1.28. The van der Waals surface area contributed by atoms with Gasteiger partial charge in [0.15, 0.2) is 5.78 Å². The minimum absolute atomic E-state index is 0.108. The van der Waals surface area contributed by atoms with Crippen LogP contribution in [0.1, 0.15) is 20.8 Å². The van der Waals surface area contributed by atoms with Crippen molar-refractivity contribution in [2.45, 2.75) is 13.3 Å². The van der Waals surface area contributed by atoms with E-state index in [1.165, 1.54) is 11.3 Å². The Hall–Kier alpha value is -0.640. The second kappa shape index (κ2) is 4.47. The van der Waals surface area contributed by atoms with E-state index in [4.69, 9.17) is 11.6 Å². The van der Waals surface area contributed by atoms with E-state index in [0.717, 1.165) is 11.1 Å². The van der Waals surface area contributed by atoms with Gasteiger partial charge in [-0.3, -0.25) is 4.79 Å². The van der Waals surface area contributed by atoms with Crippen molar-refractivity contribution in [1.82, 2.24) is 0 Å². The Morgan fingerprint density at radius 3 is 2.80 bits per heavy atom. The molecule has 0 bridgehead atoms. The minimum atomic E-state index is 0.108. The van der Waals surface area contributed by atoms with E-state index < -0.39 is 0 Å². The van der Waals surface area contributed by atoms with E-state index in [2.05, 4.69) is 0 Å². The van der Waals surface area contributed by atoms with Crippen LogP contribution in [-0.4, -0.2) is 5.78 Å². The highest BCUT2D eigenvalue weighted by Gasteiger charge is 2.14. The summed E-state index contributed by atoms with van der Waals surface area (Å²) in [5, 5.41) is 6.50. The van der Waals surface area contributed by atoms with Gasteiger partial charge in [0.05, 0.1) is 9.90 Å². The van der Waals surface area contributed by atoms with Crippen LogP contribution >= 0.6 is 34.3 Å². The lowest BCUT2D eigenvalue weighted by Gasteiger charge is -1.96. The summed E-state index contributed by atoms with van der Waals surface area (Å²) in [6, 6.07) is 1.97. The number of carbonyl (C=O) groups excluding carboxylic acids is 1. The van der Waals surface area contributed by atoms with E-state index in [0.29, 0.717) is 16.3 Å². The van der Waals surface area contributed by atoms with Crippen molar-refractivity contribution in [2.75, 3.05) is 0 Å². The van der Waals surface area contributed by atoms with Gasteiger partial charge in [-0.15, -0.1) is 11.3 Å². The second-order valence-corrected chi connectivity index (χ2v) is 5.33. The highest BCUT2D eigenvalue weighted by molar-refractivity contribution is 7.13. The number of thiophene rings is 2. The molecule has 0 saturated heterocycles. The molecule has 78 valence electrons. The van der Waals surface area contributed by atoms with Crippen LogP contribution in [0.25, 0.3) is 0 Å². The molecule has 2 rings (SSSR count). The third-order valence-electron chi connectivity index (χ3n) is 2.10. The third kappa shape index (κ3) is 2.30. The van der Waals surface area contributed by atoms with Crippen molar-refractivity contribution >= 4 is 40.1 Å². The molecule has 15 heavy (non-hydrogen) atoms. The average Bonchev–Trinajstić information content (AvgIpc) is 2.79. The standard InChI is InChI=1S/C11H9ClOS2/c1-7-5-15-11(10(7)12)9(13)4-8-2-3-14-6-8/h2-3,5-6H,4H2,1H3. The second-order valence-electron chi connectivity index (χ2n) is 3.29. The zero-order valence-corrected chi connectivity index (χ0v) is 10.5. The molecule has 0 unspecified atom stereocenters. The van der Waals surface area contributed by atoms with Crippen LogP contribution in [0.3, 0.4) is 0 Å². The molecule has 0 spiro atoms. The average molecular weight is 257 g/mol. The van der Waals surface area contributed by atoms with Gasteiger partial charge in [0.1, 0.15) is 0 Å². The third-order valence-corrected chi connectivity index (χ3v) is 4.57. The lowest BCUT2D eigenvalue weighted by molar-refractivity contribution is 0.0997. The number of halogens is 1. The first-order valence-electron chi connectivity index (χ1n) is 4.46. The molecule has 0 aliphatic carbocycles. The van der Waals surface area contributed by atoms with Crippen LogP contribution in [-0.2, 0) is 6.42 Å². The predicted molar refractivity (Wildman–Crippen MR) is 66.4 cm³/mol. The number of aryl methyl sites for hydroxylation is 1. The first-order valence-corrected chi connectivity index (χ1v) is 6.66. The number of hydrogen-bond donors (Lipinski definition) is 0. The molecule has 0 aliphatic rings. The topological polar surface area (TPSA) is 17.1 Å². The van der Waals surface area contributed by atoms with E-state index in [1.54, 1.807) is 11.3 Å². The number of rotatable bonds is 3. The van der Waals surface area contributed by atoms with Gasteiger partial charge in [-0.2, -0.15) is 11.3 Å². The molecule has 0 atom stereocenters. The van der Waals surface area contributed by atoms with Gasteiger partial charge in [0, 0.05) is 6.42 Å². The van der Waals surface area contributed by atoms with E-state index >= 15 is 0 Å². The Labute approximate surface area is 101 Å². The Kier molecular flexibility index (Phi) is 3.24. The van der Waals surface area contributed by atoms with Crippen LogP contribution in [0.5, 0.6) is 0 Å². The van der Waals surface area contributed by atoms with Crippen molar-refractivity contribution in [3.05, 3.63) is 43.2 Å². The molecular weight excluding hydrogens is 248 g/mol. The van der Waals surface area contributed by atoms with Crippen LogP contribution in [0.2, 0.25) is 5.02 Å². The van der Waals surface area contributed by atoms with Gasteiger partial charge in [0.2, 0.25) is 0 Å². The summed E-state index contributed by atoms with van der Waals surface area (Å²) in [6.45, 7) is 1.92. The van der Waals surface area contributed by atoms with Crippen LogP contribution in [0, 0.1) is 6.92 Å². The van der Waals surface area contributed by atoms with Crippen LogP contribution < -0.4 is 0 Å². The Morgan fingerprint density at radius 1 is 1.47 bits per heavy atom. The number of hydrogen-bond acceptors (Lipinski definition) is 3. The minimum Gasteiger partial charge on any atom is -0.293 e. The van der Waals surface area contributed by atoms with Gasteiger partial charge in [-0.25, -0.2) is 0 Å². The molecule has 2 aromatic heterocycles. The van der Waals surface area contributed by atoms with Gasteiger partial charge in [-0.1, -0.05) is 11.6 Å². The molecule has 0 saturated carbocycles. The summed E-state index contributed by atoms with van der Waals surface area (Å²) in [5.74, 6) is 0.108. The summed E-state index contributed by atoms with van der Waals surface area (Å²) in [4.78, 5) is 12.6. The van der Waals surface area contributed by atoms with Crippen molar-refractivity contribution in [3.63, 3.8) is 0 Å². The first-order chi connectivity index (χ1) is 7.18. The molecule has 0 amide bonds. The first kappa shape index (κ1) is 10.9. The SMILES string of the molecule is Cc1csc(C(=O)Cc2ccsc2)c1Cl. The molecule has 4 heteroatoms. The van der Waals surface area contributed by atoms with E-state index in [1.807, 2.05) is 29.1 Å². The molecule has 0 N–H and O–H groups in total. The fraction of sp³-hybridized carbons (Fsp3) is 0.182. The molecule has 2 aromatic rings. The molecule has 1 nitrogen and oxygen atoms in total. The van der Waals surface area contributed by atoms with Gasteiger partial charge in [0.25, 0.3) is 0 Å². The Balaban J connectivity index is 2.19. The smallest absolute Gasteiger partial charge is 0.178 e. The number of Topliss-reactive ketones (excluding diaryl/α,β-unsaturated/α-hetero) is 1. The zero-order valence-electron chi connectivity index (χ0n) is 8.12. The molecule has 2 heterocycles. The normalized spacial score (nSPS) is 10.5. The highest BCUT2D eigenvalue weighted by Crippen LogP contribution is 2.28. The maximum atomic E-state index is 11.9. The molecular formula is C11H9ClOS2. The van der Waals surface area contributed by atoms with Gasteiger partial charge >= 0.3 is 0 Å². The predicted octanol–water partition coefficient (Wildman–Crippen LogP) is 4.20.